The van der Waals surface area contributed by atoms with E-state index in [0.717, 1.165) is 19.3 Å². The molecule has 0 aliphatic heterocycles. The van der Waals surface area contributed by atoms with Crippen LogP contribution in [0.25, 0.3) is 0 Å². The Morgan fingerprint density at radius 1 is 1.29 bits per heavy atom. The molecule has 0 radical (unpaired) electrons. The molecule has 0 fully saturated rings. The maximum Gasteiger partial charge on any atom is 0.276 e. The number of nitro groups is 1. The molecule has 1 N–H and O–H groups in total. The van der Waals surface area contributed by atoms with Crippen molar-refractivity contribution in [2.24, 2.45) is 0 Å². The molecule has 0 amide bonds. The molecule has 0 spiro atoms. The fourth-order valence-corrected chi connectivity index (χ4v) is 2.90. The average Bonchev–Trinajstić information content (AvgIpc) is 2.46. The number of aromatic nitrogens is 1. The fraction of sp³-hybridized carbons (Fsp3) is 0.267. The molecule has 1 unspecified atom stereocenters. The Kier molecular flexibility index (Phi) is 3.75. The molecule has 108 valence electrons. The van der Waals surface area contributed by atoms with Crippen molar-refractivity contribution in [2.75, 3.05) is 5.32 Å². The number of fused-ring (bicyclic) bond motifs is 1. The molecule has 3 rings (SSSR count). The smallest absolute Gasteiger partial charge is 0.276 e. The van der Waals surface area contributed by atoms with Gasteiger partial charge in [-0.2, -0.15) is 0 Å². The Hall–Kier alpha value is -2.14. The lowest BCUT2D eigenvalue weighted by atomic mass is 9.88. The molecule has 0 saturated carbocycles. The zero-order valence-corrected chi connectivity index (χ0v) is 12.0. The second-order valence-electron chi connectivity index (χ2n) is 5.14. The van der Waals surface area contributed by atoms with Gasteiger partial charge in [-0.15, -0.1) is 0 Å². The van der Waals surface area contributed by atoms with Crippen molar-refractivity contribution in [1.82, 2.24) is 4.98 Å². The van der Waals surface area contributed by atoms with Gasteiger partial charge >= 0.3 is 0 Å². The van der Waals surface area contributed by atoms with E-state index >= 15 is 0 Å². The van der Waals surface area contributed by atoms with Crippen LogP contribution in [0.4, 0.5) is 11.5 Å². The number of nitrogens with zero attached hydrogens (tertiary/aromatic N) is 2. The summed E-state index contributed by atoms with van der Waals surface area (Å²) in [7, 11) is 0. The molecule has 1 heterocycles. The minimum Gasteiger partial charge on any atom is -0.367 e. The first-order valence-electron chi connectivity index (χ1n) is 6.77. The molecule has 5 nitrogen and oxygen atoms in total. The molecule has 1 aromatic carbocycles. The van der Waals surface area contributed by atoms with Gasteiger partial charge in [0.05, 0.1) is 17.1 Å². The zero-order valence-electron chi connectivity index (χ0n) is 11.3. The molecule has 1 aliphatic rings. The van der Waals surface area contributed by atoms with E-state index in [1.807, 2.05) is 6.07 Å². The van der Waals surface area contributed by atoms with E-state index in [4.69, 9.17) is 11.6 Å². The predicted molar refractivity (Wildman–Crippen MR) is 81.8 cm³/mol. The van der Waals surface area contributed by atoms with Crippen molar-refractivity contribution in [3.63, 3.8) is 0 Å². The van der Waals surface area contributed by atoms with Crippen LogP contribution in [0.2, 0.25) is 5.15 Å². The number of aryl methyl sites for hydroxylation is 1. The lowest BCUT2D eigenvalue weighted by Gasteiger charge is -2.25. The van der Waals surface area contributed by atoms with Gasteiger partial charge in [0.25, 0.3) is 5.69 Å². The van der Waals surface area contributed by atoms with Crippen molar-refractivity contribution in [2.45, 2.75) is 25.3 Å². The molecule has 2 aromatic rings. The summed E-state index contributed by atoms with van der Waals surface area (Å²) >= 11 is 5.84. The average molecular weight is 304 g/mol. The Balaban J connectivity index is 1.78. The lowest BCUT2D eigenvalue weighted by Crippen LogP contribution is -2.27. The number of halogens is 1. The van der Waals surface area contributed by atoms with E-state index in [1.165, 1.54) is 23.3 Å². The molecule has 1 aromatic heterocycles. The topological polar surface area (TPSA) is 68.1 Å². The summed E-state index contributed by atoms with van der Waals surface area (Å²) in [5.74, 6) is 0.457. The van der Waals surface area contributed by atoms with Gasteiger partial charge in [-0.25, -0.2) is 4.98 Å². The SMILES string of the molecule is O=[N+]([O-])c1cc(Cl)nc(NC2CCc3ccccc3C2)c1. The third kappa shape index (κ3) is 3.13. The van der Waals surface area contributed by atoms with Crippen LogP contribution in [0.5, 0.6) is 0 Å². The van der Waals surface area contributed by atoms with Gasteiger partial charge in [0.2, 0.25) is 0 Å². The predicted octanol–water partition coefficient (Wildman–Crippen LogP) is 3.61. The zero-order chi connectivity index (χ0) is 14.8. The van der Waals surface area contributed by atoms with Gasteiger partial charge in [0.1, 0.15) is 11.0 Å². The van der Waals surface area contributed by atoms with Gasteiger partial charge in [-0.1, -0.05) is 35.9 Å². The van der Waals surface area contributed by atoms with E-state index in [9.17, 15) is 10.1 Å². The quantitative estimate of drug-likeness (QED) is 0.534. The van der Waals surface area contributed by atoms with Crippen molar-refractivity contribution < 1.29 is 4.92 Å². The van der Waals surface area contributed by atoms with Gasteiger partial charge in [-0.05, 0) is 30.4 Å². The number of benzene rings is 1. The van der Waals surface area contributed by atoms with Crippen LogP contribution >= 0.6 is 11.6 Å². The second kappa shape index (κ2) is 5.69. The minimum absolute atomic E-state index is 0.0475. The molecular weight excluding hydrogens is 290 g/mol. The van der Waals surface area contributed by atoms with E-state index in [2.05, 4.69) is 28.5 Å². The highest BCUT2D eigenvalue weighted by Gasteiger charge is 2.19. The molecular formula is C15H14ClN3O2. The van der Waals surface area contributed by atoms with Crippen molar-refractivity contribution in [1.29, 1.82) is 0 Å². The third-order valence-corrected chi connectivity index (χ3v) is 3.88. The maximum absolute atomic E-state index is 10.9. The van der Waals surface area contributed by atoms with Crippen LogP contribution in [-0.4, -0.2) is 15.9 Å². The second-order valence-corrected chi connectivity index (χ2v) is 5.53. The molecule has 0 saturated heterocycles. The summed E-state index contributed by atoms with van der Waals surface area (Å²) < 4.78 is 0. The number of pyridine rings is 1. The highest BCUT2D eigenvalue weighted by atomic mass is 35.5. The molecule has 6 heteroatoms. The number of hydrogen-bond acceptors (Lipinski definition) is 4. The van der Waals surface area contributed by atoms with Crippen molar-refractivity contribution in [3.05, 3.63) is 62.8 Å². The van der Waals surface area contributed by atoms with Gasteiger partial charge in [0.15, 0.2) is 0 Å². The summed E-state index contributed by atoms with van der Waals surface area (Å²) in [6.45, 7) is 0. The molecule has 21 heavy (non-hydrogen) atoms. The van der Waals surface area contributed by atoms with Crippen LogP contribution in [0, 0.1) is 10.1 Å². The first kappa shape index (κ1) is 13.8. The summed E-state index contributed by atoms with van der Waals surface area (Å²) in [6, 6.07) is 11.2. The van der Waals surface area contributed by atoms with E-state index in [-0.39, 0.29) is 16.9 Å². The maximum atomic E-state index is 10.9. The molecule has 1 aliphatic carbocycles. The highest BCUT2D eigenvalue weighted by molar-refractivity contribution is 6.29. The largest absolute Gasteiger partial charge is 0.367 e. The van der Waals surface area contributed by atoms with Crippen LogP contribution in [-0.2, 0) is 12.8 Å². The third-order valence-electron chi connectivity index (χ3n) is 3.69. The lowest BCUT2D eigenvalue weighted by molar-refractivity contribution is -0.384. The van der Waals surface area contributed by atoms with Crippen LogP contribution < -0.4 is 5.32 Å². The van der Waals surface area contributed by atoms with Crippen molar-refractivity contribution >= 4 is 23.1 Å². The summed E-state index contributed by atoms with van der Waals surface area (Å²) in [6.07, 6.45) is 2.85. The minimum atomic E-state index is -0.463. The van der Waals surface area contributed by atoms with Crippen LogP contribution in [0.1, 0.15) is 17.5 Å². The summed E-state index contributed by atoms with van der Waals surface area (Å²) in [5.41, 5.74) is 2.65. The highest BCUT2D eigenvalue weighted by Crippen LogP contribution is 2.25. The fourth-order valence-electron chi connectivity index (χ4n) is 2.69. The Labute approximate surface area is 127 Å². The monoisotopic (exact) mass is 303 g/mol. The van der Waals surface area contributed by atoms with E-state index < -0.39 is 4.92 Å². The van der Waals surface area contributed by atoms with Gasteiger partial charge in [0, 0.05) is 6.04 Å². The Morgan fingerprint density at radius 2 is 2.05 bits per heavy atom. The Bertz CT molecular complexity index is 690. The molecule has 0 bridgehead atoms. The first-order valence-corrected chi connectivity index (χ1v) is 7.15. The van der Waals surface area contributed by atoms with Crippen LogP contribution in [0.3, 0.4) is 0 Å². The number of nitrogens with one attached hydrogen (secondary N) is 1. The van der Waals surface area contributed by atoms with E-state index in [1.54, 1.807) is 0 Å². The van der Waals surface area contributed by atoms with Crippen molar-refractivity contribution in [3.8, 4) is 0 Å². The Morgan fingerprint density at radius 3 is 2.81 bits per heavy atom. The number of hydrogen-bond donors (Lipinski definition) is 1. The molecule has 1 atom stereocenters. The number of anilines is 1. The summed E-state index contributed by atoms with van der Waals surface area (Å²) in [5, 5.41) is 14.2. The van der Waals surface area contributed by atoms with Crippen LogP contribution in [0.15, 0.2) is 36.4 Å². The van der Waals surface area contributed by atoms with Gasteiger partial charge < -0.3 is 5.32 Å². The standard InChI is InChI=1S/C15H14ClN3O2/c16-14-8-13(19(20)21)9-15(18-14)17-12-6-5-10-3-1-2-4-11(10)7-12/h1-4,8-9,12H,5-7H2,(H,17,18). The normalized spacial score (nSPS) is 17.1. The van der Waals surface area contributed by atoms with E-state index in [0.29, 0.717) is 5.82 Å². The van der Waals surface area contributed by atoms with Gasteiger partial charge in [-0.3, -0.25) is 10.1 Å². The number of rotatable bonds is 3. The first-order chi connectivity index (χ1) is 10.1. The summed E-state index contributed by atoms with van der Waals surface area (Å²) in [4.78, 5) is 14.5.